The van der Waals surface area contributed by atoms with Gasteiger partial charge >= 0.3 is 0 Å². The molecule has 190 valence electrons. The molecule has 0 saturated heterocycles. The summed E-state index contributed by atoms with van der Waals surface area (Å²) in [5, 5.41) is 0.810. The van der Waals surface area contributed by atoms with E-state index in [0.717, 1.165) is 41.3 Å². The number of unbranched alkanes of at least 4 members (excludes halogenated alkanes) is 5. The van der Waals surface area contributed by atoms with Crippen LogP contribution in [0.15, 0.2) is 40.9 Å². The molecule has 0 aromatic heterocycles. The van der Waals surface area contributed by atoms with Gasteiger partial charge in [-0.2, -0.15) is 0 Å². The van der Waals surface area contributed by atoms with Crippen molar-refractivity contribution in [3.8, 4) is 0 Å². The van der Waals surface area contributed by atoms with E-state index in [-0.39, 0.29) is 11.8 Å². The summed E-state index contributed by atoms with van der Waals surface area (Å²) in [6, 6.07) is 10.2. The van der Waals surface area contributed by atoms with Crippen LogP contribution in [0, 0.1) is 13.8 Å². The van der Waals surface area contributed by atoms with Gasteiger partial charge in [-0.15, -0.1) is 0 Å². The van der Waals surface area contributed by atoms with E-state index in [1.54, 1.807) is 24.3 Å². The third-order valence-corrected chi connectivity index (χ3v) is 7.85. The van der Waals surface area contributed by atoms with E-state index in [9.17, 15) is 19.2 Å². The van der Waals surface area contributed by atoms with Crippen LogP contribution in [0.25, 0.3) is 10.8 Å². The fraction of sp³-hybridized carbons (Fsp3) is 0.333. The minimum atomic E-state index is -0.455. The van der Waals surface area contributed by atoms with Gasteiger partial charge in [0.15, 0.2) is 0 Å². The van der Waals surface area contributed by atoms with E-state index in [1.807, 2.05) is 26.0 Å². The molecule has 5 rings (SSSR count). The first-order valence-electron chi connectivity index (χ1n) is 12.9. The second-order valence-electron chi connectivity index (χ2n) is 9.93. The zero-order chi connectivity index (χ0) is 26.4. The lowest BCUT2D eigenvalue weighted by atomic mass is 9.85. The lowest BCUT2D eigenvalue weighted by Gasteiger charge is -2.33. The highest BCUT2D eigenvalue weighted by Crippen LogP contribution is 2.40. The van der Waals surface area contributed by atoms with E-state index in [1.165, 1.54) is 22.6 Å². The van der Waals surface area contributed by atoms with E-state index < -0.39 is 11.8 Å². The summed E-state index contributed by atoms with van der Waals surface area (Å²) in [7, 11) is 0. The Kier molecular flexibility index (Phi) is 6.75. The Hall–Kier alpha value is -3.32. The Morgan fingerprint density at radius 2 is 1.08 bits per heavy atom. The molecule has 2 aliphatic rings. The molecule has 6 nitrogen and oxygen atoms in total. The molecule has 0 radical (unpaired) electrons. The van der Waals surface area contributed by atoms with E-state index in [4.69, 9.17) is 0 Å². The largest absolute Gasteiger partial charge is 0.274 e. The lowest BCUT2D eigenvalue weighted by molar-refractivity contribution is 0.0606. The molecule has 0 N–H and O–H groups in total. The fourth-order valence-corrected chi connectivity index (χ4v) is 6.32. The molecule has 0 spiro atoms. The van der Waals surface area contributed by atoms with Crippen LogP contribution >= 0.6 is 15.9 Å². The average Bonchev–Trinajstić information content (AvgIpc) is 2.86. The van der Waals surface area contributed by atoms with Gasteiger partial charge in [0.1, 0.15) is 0 Å². The normalized spacial score (nSPS) is 14.8. The van der Waals surface area contributed by atoms with Crippen LogP contribution in [-0.2, 0) is 0 Å². The summed E-state index contributed by atoms with van der Waals surface area (Å²) >= 11 is 3.47. The summed E-state index contributed by atoms with van der Waals surface area (Å²) in [5.74, 6) is -1.64. The summed E-state index contributed by atoms with van der Waals surface area (Å²) in [4.78, 5) is 56.8. The number of carbonyl (C=O) groups excluding carboxylic acids is 4. The third-order valence-electron chi connectivity index (χ3n) is 7.39. The Balaban J connectivity index is 1.54. The third kappa shape index (κ3) is 4.09. The number of hydrogen-bond donors (Lipinski definition) is 0. The topological polar surface area (TPSA) is 74.8 Å². The van der Waals surface area contributed by atoms with Gasteiger partial charge in [0.25, 0.3) is 23.6 Å². The van der Waals surface area contributed by atoms with Crippen molar-refractivity contribution in [2.75, 3.05) is 11.4 Å². The maximum Gasteiger partial charge on any atom is 0.266 e. The van der Waals surface area contributed by atoms with Gasteiger partial charge in [-0.1, -0.05) is 55.0 Å². The van der Waals surface area contributed by atoms with Crippen molar-refractivity contribution >= 4 is 56.0 Å². The molecule has 4 amide bonds. The maximum absolute atomic E-state index is 13.7. The second-order valence-corrected chi connectivity index (χ2v) is 10.9. The number of anilines is 1. The molecule has 3 aromatic rings. The summed E-state index contributed by atoms with van der Waals surface area (Å²) in [6.07, 6.45) is 6.32. The number of aryl methyl sites for hydroxylation is 2. The Morgan fingerprint density at radius 3 is 1.57 bits per heavy atom. The first-order chi connectivity index (χ1) is 17.8. The van der Waals surface area contributed by atoms with Crippen LogP contribution in [0.3, 0.4) is 0 Å². The van der Waals surface area contributed by atoms with Gasteiger partial charge in [-0.05, 0) is 67.8 Å². The zero-order valence-corrected chi connectivity index (χ0v) is 22.9. The molecule has 0 unspecified atom stereocenters. The average molecular weight is 561 g/mol. The molecule has 0 aliphatic carbocycles. The molecule has 2 heterocycles. The van der Waals surface area contributed by atoms with Crippen LogP contribution in [-0.4, -0.2) is 35.1 Å². The van der Waals surface area contributed by atoms with Crippen LogP contribution in [0.5, 0.6) is 0 Å². The van der Waals surface area contributed by atoms with Gasteiger partial charge in [-0.3, -0.25) is 24.1 Å². The van der Waals surface area contributed by atoms with Gasteiger partial charge < -0.3 is 0 Å². The maximum atomic E-state index is 13.7. The predicted molar refractivity (Wildman–Crippen MR) is 147 cm³/mol. The van der Waals surface area contributed by atoms with Gasteiger partial charge in [0.2, 0.25) is 0 Å². The second kappa shape index (κ2) is 9.86. The highest BCUT2D eigenvalue weighted by molar-refractivity contribution is 9.10. The van der Waals surface area contributed by atoms with Crippen molar-refractivity contribution < 1.29 is 19.2 Å². The summed E-state index contributed by atoms with van der Waals surface area (Å²) < 4.78 is 0.865. The highest BCUT2D eigenvalue weighted by atomic mass is 79.9. The van der Waals surface area contributed by atoms with Crippen molar-refractivity contribution in [1.29, 1.82) is 0 Å². The number of rotatable bonds is 8. The van der Waals surface area contributed by atoms with Gasteiger partial charge in [-0.25, -0.2) is 4.90 Å². The van der Waals surface area contributed by atoms with E-state index in [0.29, 0.717) is 45.3 Å². The predicted octanol–water partition coefficient (Wildman–Crippen LogP) is 6.98. The van der Waals surface area contributed by atoms with Crippen molar-refractivity contribution in [2.24, 2.45) is 0 Å². The minimum Gasteiger partial charge on any atom is -0.274 e. The monoisotopic (exact) mass is 560 g/mol. The van der Waals surface area contributed by atoms with Crippen molar-refractivity contribution in [3.63, 3.8) is 0 Å². The number of carbonyl (C=O) groups is 4. The van der Waals surface area contributed by atoms with E-state index >= 15 is 0 Å². The Morgan fingerprint density at radius 1 is 0.649 bits per heavy atom. The molecule has 7 heteroatoms. The van der Waals surface area contributed by atoms with Crippen molar-refractivity contribution in [1.82, 2.24) is 4.90 Å². The molecule has 2 aliphatic heterocycles. The van der Waals surface area contributed by atoms with Crippen LogP contribution in [0.1, 0.15) is 98.0 Å². The first-order valence-corrected chi connectivity index (χ1v) is 13.7. The highest BCUT2D eigenvalue weighted by Gasteiger charge is 2.40. The summed E-state index contributed by atoms with van der Waals surface area (Å²) in [5.41, 5.74) is 3.51. The van der Waals surface area contributed by atoms with Gasteiger partial charge in [0.05, 0.1) is 5.69 Å². The molecular weight excluding hydrogens is 532 g/mol. The first kappa shape index (κ1) is 25.3. The molecule has 37 heavy (non-hydrogen) atoms. The van der Waals surface area contributed by atoms with Crippen LogP contribution in [0.4, 0.5) is 5.69 Å². The molecule has 0 saturated carbocycles. The molecule has 0 fully saturated rings. The van der Waals surface area contributed by atoms with Crippen molar-refractivity contribution in [2.45, 2.75) is 59.3 Å². The summed E-state index contributed by atoms with van der Waals surface area (Å²) in [6.45, 7) is 6.25. The van der Waals surface area contributed by atoms with Crippen molar-refractivity contribution in [3.05, 3.63) is 74.3 Å². The smallest absolute Gasteiger partial charge is 0.266 e. The van der Waals surface area contributed by atoms with Crippen LogP contribution < -0.4 is 4.90 Å². The van der Waals surface area contributed by atoms with E-state index in [2.05, 4.69) is 22.9 Å². The number of nitrogens with zero attached hydrogens (tertiary/aromatic N) is 2. The Bertz CT molecular complexity index is 1400. The quantitative estimate of drug-likeness (QED) is 0.220. The number of benzene rings is 3. The number of amides is 4. The lowest BCUT2D eigenvalue weighted by Crippen LogP contribution is -2.44. The molecule has 0 bridgehead atoms. The number of hydrogen-bond acceptors (Lipinski definition) is 4. The van der Waals surface area contributed by atoms with Crippen LogP contribution in [0.2, 0.25) is 0 Å². The Labute approximate surface area is 224 Å². The minimum absolute atomic E-state index is 0.321. The standard InChI is InChI=1S/C30H29BrN2O4/c1-4-5-6-7-8-9-14-32-27(34)20-10-12-22-25-23(13-11-21(24(20)25)28(32)35)30(37)33(29(22)36)26-17(2)15-19(31)16-18(26)3/h10-13,15-16H,4-9,14H2,1-3H3. The van der Waals surface area contributed by atoms with Gasteiger partial charge in [0, 0.05) is 44.0 Å². The molecule has 0 atom stereocenters. The number of imide groups is 2. The fourth-order valence-electron chi connectivity index (χ4n) is 5.64. The molecule has 3 aromatic carbocycles. The zero-order valence-electron chi connectivity index (χ0n) is 21.3. The molecular formula is C30H29BrN2O4. The number of halogens is 1. The SMILES string of the molecule is CCCCCCCCN1C(=O)c2ccc3c4c(ccc(c24)C1=O)C(=O)N(c1c(C)cc(Br)cc1C)C3=O.